The van der Waals surface area contributed by atoms with E-state index >= 15 is 0 Å². The Labute approximate surface area is 184 Å². The first-order valence-corrected chi connectivity index (χ1v) is 11.8. The summed E-state index contributed by atoms with van der Waals surface area (Å²) in [5.74, 6) is 1.77. The molecule has 0 heterocycles. The van der Waals surface area contributed by atoms with Gasteiger partial charge in [-0.25, -0.2) is 4.79 Å². The maximum absolute atomic E-state index is 12.6. The molecular formula is C26H33NO4. The molecular weight excluding hydrogens is 390 g/mol. The number of esters is 1. The van der Waals surface area contributed by atoms with Gasteiger partial charge in [-0.2, -0.15) is 0 Å². The predicted octanol–water partition coefficient (Wildman–Crippen LogP) is 5.71. The van der Waals surface area contributed by atoms with E-state index in [1.54, 1.807) is 12.1 Å². The monoisotopic (exact) mass is 423 g/mol. The van der Waals surface area contributed by atoms with Gasteiger partial charge in [-0.3, -0.25) is 0 Å². The quantitative estimate of drug-likeness (QED) is 0.276. The molecule has 0 aliphatic heterocycles. The van der Waals surface area contributed by atoms with E-state index in [2.05, 4.69) is 25.1 Å². The molecule has 4 aliphatic rings. The van der Waals surface area contributed by atoms with Gasteiger partial charge >= 0.3 is 5.97 Å². The molecule has 0 saturated heterocycles. The fraction of sp³-hybridized carbons (Fsp3) is 0.615. The third-order valence-corrected chi connectivity index (χ3v) is 9.30. The van der Waals surface area contributed by atoms with Crippen molar-refractivity contribution in [2.75, 3.05) is 0 Å². The number of oxime groups is 1. The van der Waals surface area contributed by atoms with Gasteiger partial charge in [0.15, 0.2) is 0 Å². The summed E-state index contributed by atoms with van der Waals surface area (Å²) in [6.07, 6.45) is 10.6. The topological polar surface area (TPSA) is 79.1 Å². The Kier molecular flexibility index (Phi) is 4.91. The van der Waals surface area contributed by atoms with Crippen LogP contribution in [-0.4, -0.2) is 28.1 Å². The van der Waals surface area contributed by atoms with Gasteiger partial charge in [0.2, 0.25) is 0 Å². The van der Waals surface area contributed by atoms with Crippen LogP contribution in [0.3, 0.4) is 0 Å². The molecule has 0 spiro atoms. The number of carbonyl (C=O) groups excluding carboxylic acids is 1. The molecule has 3 saturated carbocycles. The molecule has 1 aromatic carbocycles. The SMILES string of the molecule is C[C@]12CC[C@H](OC(=O)c3ccc(O)cc3)CC1=CC[C@@H]1[C@@H]2CC[C@]2(C)/C(=N\O)CC[C@@H]12. The molecule has 2 N–H and O–H groups in total. The zero-order valence-electron chi connectivity index (χ0n) is 18.5. The fourth-order valence-electron chi connectivity index (χ4n) is 7.50. The van der Waals surface area contributed by atoms with Crippen molar-refractivity contribution in [3.8, 4) is 5.75 Å². The number of aromatic hydroxyl groups is 1. The Morgan fingerprint density at radius 3 is 2.52 bits per heavy atom. The lowest BCUT2D eigenvalue weighted by Crippen LogP contribution is -2.50. The molecule has 6 atom stereocenters. The number of fused-ring (bicyclic) bond motifs is 5. The number of allylic oxidation sites excluding steroid dienone is 1. The van der Waals surface area contributed by atoms with E-state index in [1.807, 2.05) is 0 Å². The first-order valence-electron chi connectivity index (χ1n) is 11.8. The largest absolute Gasteiger partial charge is 0.508 e. The summed E-state index contributed by atoms with van der Waals surface area (Å²) in [5, 5.41) is 22.6. The third-order valence-electron chi connectivity index (χ3n) is 9.30. The van der Waals surface area contributed by atoms with Crippen molar-refractivity contribution >= 4 is 11.7 Å². The van der Waals surface area contributed by atoms with Gasteiger partial charge in [-0.05, 0) is 92.4 Å². The van der Waals surface area contributed by atoms with Gasteiger partial charge in [0, 0.05) is 11.8 Å². The van der Waals surface area contributed by atoms with E-state index in [0.29, 0.717) is 23.3 Å². The fourth-order valence-corrected chi connectivity index (χ4v) is 7.50. The highest BCUT2D eigenvalue weighted by Gasteiger charge is 2.58. The number of phenolic OH excluding ortho intramolecular Hbond substituents is 1. The zero-order chi connectivity index (χ0) is 21.8. The Balaban J connectivity index is 1.32. The highest BCUT2D eigenvalue weighted by atomic mass is 16.5. The maximum Gasteiger partial charge on any atom is 0.338 e. The van der Waals surface area contributed by atoms with Crippen LogP contribution in [0, 0.1) is 28.6 Å². The lowest BCUT2D eigenvalue weighted by Gasteiger charge is -2.57. The van der Waals surface area contributed by atoms with Crippen molar-refractivity contribution in [3.63, 3.8) is 0 Å². The number of nitrogens with zero attached hydrogens (tertiary/aromatic N) is 1. The van der Waals surface area contributed by atoms with Crippen molar-refractivity contribution in [1.82, 2.24) is 0 Å². The summed E-state index contributed by atoms with van der Waals surface area (Å²) in [7, 11) is 0. The molecule has 3 fully saturated rings. The standard InChI is InChI=1S/C26H33NO4/c1-25-13-11-19(31-24(29)16-3-6-18(28)7-4-16)15-17(25)5-8-20-21-9-10-23(27-30)26(21,2)14-12-22(20)25/h3-7,19-22,28,30H,8-15H2,1-2H3/b27-23-/t19-,20-,21-,22-,25-,26-/m0/s1. The van der Waals surface area contributed by atoms with E-state index < -0.39 is 0 Å². The molecule has 5 rings (SSSR count). The van der Waals surface area contributed by atoms with E-state index in [4.69, 9.17) is 4.74 Å². The van der Waals surface area contributed by atoms with Crippen molar-refractivity contribution < 1.29 is 19.8 Å². The minimum absolute atomic E-state index is 0.0640. The van der Waals surface area contributed by atoms with Crippen LogP contribution in [-0.2, 0) is 4.74 Å². The summed E-state index contributed by atoms with van der Waals surface area (Å²) in [5.41, 5.74) is 3.22. The highest BCUT2D eigenvalue weighted by Crippen LogP contribution is 2.64. The minimum Gasteiger partial charge on any atom is -0.508 e. The van der Waals surface area contributed by atoms with Gasteiger partial charge in [0.05, 0.1) is 11.3 Å². The predicted molar refractivity (Wildman–Crippen MR) is 118 cm³/mol. The molecule has 0 amide bonds. The lowest BCUT2D eigenvalue weighted by atomic mass is 9.48. The van der Waals surface area contributed by atoms with Crippen LogP contribution in [0.25, 0.3) is 0 Å². The third kappa shape index (κ3) is 3.19. The first kappa shape index (κ1) is 20.6. The average molecular weight is 424 g/mol. The second kappa shape index (κ2) is 7.39. The molecule has 1 aromatic rings. The van der Waals surface area contributed by atoms with Crippen LogP contribution in [0.1, 0.15) is 75.6 Å². The molecule has 0 radical (unpaired) electrons. The Morgan fingerprint density at radius 2 is 1.77 bits per heavy atom. The number of phenols is 1. The second-order valence-electron chi connectivity index (χ2n) is 10.6. The van der Waals surface area contributed by atoms with E-state index in [1.165, 1.54) is 24.1 Å². The second-order valence-corrected chi connectivity index (χ2v) is 10.6. The molecule has 31 heavy (non-hydrogen) atoms. The molecule has 0 aromatic heterocycles. The van der Waals surface area contributed by atoms with Crippen molar-refractivity contribution in [3.05, 3.63) is 41.5 Å². The molecule has 4 aliphatic carbocycles. The molecule has 5 heteroatoms. The number of benzene rings is 1. The zero-order valence-corrected chi connectivity index (χ0v) is 18.5. The van der Waals surface area contributed by atoms with Gasteiger partial charge in [-0.15, -0.1) is 0 Å². The van der Waals surface area contributed by atoms with Gasteiger partial charge in [0.1, 0.15) is 11.9 Å². The number of ether oxygens (including phenoxy) is 1. The first-order chi connectivity index (χ1) is 14.8. The van der Waals surface area contributed by atoms with Crippen molar-refractivity contribution in [2.24, 2.45) is 33.7 Å². The summed E-state index contributed by atoms with van der Waals surface area (Å²) in [6.45, 7) is 4.75. The number of carbonyl (C=O) groups is 1. The van der Waals surface area contributed by atoms with Crippen molar-refractivity contribution in [2.45, 2.75) is 71.3 Å². The summed E-state index contributed by atoms with van der Waals surface area (Å²) in [4.78, 5) is 12.6. The van der Waals surface area contributed by atoms with E-state index in [-0.39, 0.29) is 28.7 Å². The highest BCUT2D eigenvalue weighted by molar-refractivity contribution is 5.92. The number of rotatable bonds is 2. The summed E-state index contributed by atoms with van der Waals surface area (Å²) in [6, 6.07) is 6.26. The van der Waals surface area contributed by atoms with Crippen LogP contribution < -0.4 is 0 Å². The lowest BCUT2D eigenvalue weighted by molar-refractivity contribution is -0.0287. The van der Waals surface area contributed by atoms with Crippen LogP contribution in [0.4, 0.5) is 0 Å². The van der Waals surface area contributed by atoms with E-state index in [9.17, 15) is 15.1 Å². The average Bonchev–Trinajstić information content (AvgIpc) is 3.10. The Morgan fingerprint density at radius 1 is 1.06 bits per heavy atom. The molecule has 5 nitrogen and oxygen atoms in total. The molecule has 166 valence electrons. The summed E-state index contributed by atoms with van der Waals surface area (Å²) >= 11 is 0. The van der Waals surface area contributed by atoms with Crippen molar-refractivity contribution in [1.29, 1.82) is 0 Å². The number of hydrogen-bond acceptors (Lipinski definition) is 5. The molecule has 0 unspecified atom stereocenters. The maximum atomic E-state index is 12.6. The number of hydrogen-bond donors (Lipinski definition) is 2. The van der Waals surface area contributed by atoms with Crippen LogP contribution in [0.15, 0.2) is 41.1 Å². The van der Waals surface area contributed by atoms with Gasteiger partial charge < -0.3 is 15.1 Å². The molecule has 0 bridgehead atoms. The van der Waals surface area contributed by atoms with Crippen LogP contribution in [0.2, 0.25) is 0 Å². The minimum atomic E-state index is -0.307. The normalized spacial score (nSPS) is 40.5. The Hall–Kier alpha value is -2.30. The van der Waals surface area contributed by atoms with Gasteiger partial charge in [-0.1, -0.05) is 30.7 Å². The van der Waals surface area contributed by atoms with Gasteiger partial charge in [0.25, 0.3) is 0 Å². The summed E-state index contributed by atoms with van der Waals surface area (Å²) < 4.78 is 5.86. The van der Waals surface area contributed by atoms with E-state index in [0.717, 1.165) is 50.7 Å². The Bertz CT molecular complexity index is 935. The smallest absolute Gasteiger partial charge is 0.338 e. The van der Waals surface area contributed by atoms with Crippen LogP contribution >= 0.6 is 0 Å². The van der Waals surface area contributed by atoms with Crippen LogP contribution in [0.5, 0.6) is 5.75 Å².